The Morgan fingerprint density at radius 2 is 1.46 bits per heavy atom. The standard InChI is InChI=1S/C26H27FN4O4/c1-34-21-13-20(14-22(16-21)35-2)29-26(33)30-23-15-19(9-10-24(23)31-11-3-4-12-31)28-25(32)17-5-7-18(27)8-6-17/h5-10,13-16H,3-4,11-12H2,1-2H3,(H,28,32)(H2,29,30,33). The Bertz CT molecular complexity index is 1190. The summed E-state index contributed by atoms with van der Waals surface area (Å²) in [4.78, 5) is 27.7. The quantitative estimate of drug-likeness (QED) is 0.426. The predicted octanol–water partition coefficient (Wildman–Crippen LogP) is 5.34. The third kappa shape index (κ3) is 6.00. The van der Waals surface area contributed by atoms with Crippen LogP contribution in [-0.4, -0.2) is 39.2 Å². The van der Waals surface area contributed by atoms with E-state index in [4.69, 9.17) is 9.47 Å². The van der Waals surface area contributed by atoms with Gasteiger partial charge in [-0.25, -0.2) is 9.18 Å². The van der Waals surface area contributed by atoms with Gasteiger partial charge in [0, 0.05) is 48.2 Å². The Balaban J connectivity index is 1.55. The summed E-state index contributed by atoms with van der Waals surface area (Å²) in [6, 6.07) is 15.3. The second kappa shape index (κ2) is 10.8. The van der Waals surface area contributed by atoms with Gasteiger partial charge in [-0.1, -0.05) is 0 Å². The Labute approximate surface area is 203 Å². The van der Waals surface area contributed by atoms with Crippen LogP contribution in [0, 0.1) is 5.82 Å². The molecule has 3 amide bonds. The lowest BCUT2D eigenvalue weighted by atomic mass is 10.2. The number of hydrogen-bond donors (Lipinski definition) is 3. The topological polar surface area (TPSA) is 91.9 Å². The fraction of sp³-hybridized carbons (Fsp3) is 0.231. The number of hydrogen-bond acceptors (Lipinski definition) is 5. The van der Waals surface area contributed by atoms with E-state index >= 15 is 0 Å². The highest BCUT2D eigenvalue weighted by Gasteiger charge is 2.18. The smallest absolute Gasteiger partial charge is 0.323 e. The van der Waals surface area contributed by atoms with Gasteiger partial charge in [-0.05, 0) is 55.3 Å². The second-order valence-electron chi connectivity index (χ2n) is 8.07. The normalized spacial score (nSPS) is 12.7. The molecule has 1 aliphatic heterocycles. The Morgan fingerprint density at radius 3 is 2.09 bits per heavy atom. The molecule has 0 saturated carbocycles. The molecule has 4 rings (SSSR count). The van der Waals surface area contributed by atoms with Crippen molar-refractivity contribution < 1.29 is 23.5 Å². The lowest BCUT2D eigenvalue weighted by Crippen LogP contribution is -2.24. The summed E-state index contributed by atoms with van der Waals surface area (Å²) in [6.07, 6.45) is 2.14. The Kier molecular flexibility index (Phi) is 7.35. The number of amides is 3. The van der Waals surface area contributed by atoms with E-state index in [1.54, 1.807) is 30.3 Å². The molecule has 0 atom stereocenters. The number of anilines is 4. The number of rotatable bonds is 7. The molecule has 0 unspecified atom stereocenters. The molecular weight excluding hydrogens is 451 g/mol. The summed E-state index contributed by atoms with van der Waals surface area (Å²) in [5.41, 5.74) is 2.74. The molecular formula is C26H27FN4O4. The van der Waals surface area contributed by atoms with Crippen molar-refractivity contribution in [3.05, 3.63) is 72.0 Å². The fourth-order valence-corrected chi connectivity index (χ4v) is 3.92. The molecule has 0 aromatic heterocycles. The van der Waals surface area contributed by atoms with Crippen molar-refractivity contribution in [2.24, 2.45) is 0 Å². The van der Waals surface area contributed by atoms with Crippen LogP contribution in [0.25, 0.3) is 0 Å². The molecule has 1 fully saturated rings. The van der Waals surface area contributed by atoms with Gasteiger partial charge < -0.3 is 30.3 Å². The van der Waals surface area contributed by atoms with E-state index in [9.17, 15) is 14.0 Å². The van der Waals surface area contributed by atoms with Gasteiger partial charge in [0.2, 0.25) is 0 Å². The first kappa shape index (κ1) is 23.9. The van der Waals surface area contributed by atoms with E-state index in [1.807, 2.05) is 6.07 Å². The van der Waals surface area contributed by atoms with Gasteiger partial charge in [0.25, 0.3) is 5.91 Å². The number of carbonyl (C=O) groups is 2. The van der Waals surface area contributed by atoms with Crippen LogP contribution < -0.4 is 30.3 Å². The van der Waals surface area contributed by atoms with Crippen molar-refractivity contribution in [2.75, 3.05) is 48.2 Å². The van der Waals surface area contributed by atoms with E-state index in [0.717, 1.165) is 31.6 Å². The van der Waals surface area contributed by atoms with Gasteiger partial charge >= 0.3 is 6.03 Å². The van der Waals surface area contributed by atoms with Gasteiger partial charge in [0.15, 0.2) is 0 Å². The largest absolute Gasteiger partial charge is 0.497 e. The highest BCUT2D eigenvalue weighted by atomic mass is 19.1. The molecule has 1 heterocycles. The molecule has 0 radical (unpaired) electrons. The number of ether oxygens (including phenoxy) is 2. The maximum absolute atomic E-state index is 13.2. The molecule has 8 nitrogen and oxygen atoms in total. The average molecular weight is 479 g/mol. The van der Waals surface area contributed by atoms with Gasteiger partial charge in [0.05, 0.1) is 25.6 Å². The number of methoxy groups -OCH3 is 2. The summed E-state index contributed by atoms with van der Waals surface area (Å²) in [6.45, 7) is 1.76. The molecule has 0 bridgehead atoms. The van der Waals surface area contributed by atoms with Gasteiger partial charge in [-0.15, -0.1) is 0 Å². The first-order chi connectivity index (χ1) is 16.9. The lowest BCUT2D eigenvalue weighted by molar-refractivity contribution is 0.102. The van der Waals surface area contributed by atoms with E-state index in [1.165, 1.54) is 38.5 Å². The molecule has 1 aliphatic rings. The first-order valence-electron chi connectivity index (χ1n) is 11.2. The number of carbonyl (C=O) groups excluding carboxylic acids is 2. The first-order valence-corrected chi connectivity index (χ1v) is 11.2. The van der Waals surface area contributed by atoms with Crippen molar-refractivity contribution in [1.29, 1.82) is 0 Å². The Morgan fingerprint density at radius 1 is 0.800 bits per heavy atom. The molecule has 3 aromatic carbocycles. The average Bonchev–Trinajstić information content (AvgIpc) is 3.39. The minimum Gasteiger partial charge on any atom is -0.497 e. The predicted molar refractivity (Wildman–Crippen MR) is 134 cm³/mol. The highest BCUT2D eigenvalue weighted by Crippen LogP contribution is 2.32. The third-order valence-electron chi connectivity index (χ3n) is 5.67. The lowest BCUT2D eigenvalue weighted by Gasteiger charge is -2.22. The van der Waals surface area contributed by atoms with Crippen molar-refractivity contribution in [3.63, 3.8) is 0 Å². The monoisotopic (exact) mass is 478 g/mol. The van der Waals surface area contributed by atoms with Crippen LogP contribution in [0.1, 0.15) is 23.2 Å². The van der Waals surface area contributed by atoms with Crippen molar-refractivity contribution in [1.82, 2.24) is 0 Å². The van der Waals surface area contributed by atoms with Gasteiger partial charge in [-0.3, -0.25) is 4.79 Å². The second-order valence-corrected chi connectivity index (χ2v) is 8.07. The van der Waals surface area contributed by atoms with Crippen molar-refractivity contribution in [2.45, 2.75) is 12.8 Å². The summed E-state index contributed by atoms with van der Waals surface area (Å²) in [7, 11) is 3.07. The summed E-state index contributed by atoms with van der Waals surface area (Å²) in [5, 5.41) is 8.50. The summed E-state index contributed by atoms with van der Waals surface area (Å²) < 4.78 is 23.7. The van der Waals surface area contributed by atoms with Gasteiger partial charge in [-0.2, -0.15) is 0 Å². The molecule has 182 valence electrons. The van der Waals surface area contributed by atoms with E-state index in [0.29, 0.717) is 34.1 Å². The maximum atomic E-state index is 13.2. The number of urea groups is 1. The number of nitrogens with one attached hydrogen (secondary N) is 3. The molecule has 0 aliphatic carbocycles. The molecule has 1 saturated heterocycles. The number of nitrogens with zero attached hydrogens (tertiary/aromatic N) is 1. The summed E-state index contributed by atoms with van der Waals surface area (Å²) >= 11 is 0. The molecule has 35 heavy (non-hydrogen) atoms. The highest BCUT2D eigenvalue weighted by molar-refractivity contribution is 6.06. The number of halogens is 1. The SMILES string of the molecule is COc1cc(NC(=O)Nc2cc(NC(=O)c3ccc(F)cc3)ccc2N2CCCC2)cc(OC)c1. The van der Waals surface area contributed by atoms with Crippen molar-refractivity contribution in [3.8, 4) is 11.5 Å². The zero-order valence-corrected chi connectivity index (χ0v) is 19.6. The molecule has 0 spiro atoms. The van der Waals surface area contributed by atoms with Crippen LogP contribution in [0.4, 0.5) is 31.9 Å². The maximum Gasteiger partial charge on any atom is 0.323 e. The van der Waals surface area contributed by atoms with Crippen LogP contribution in [0.3, 0.4) is 0 Å². The minimum atomic E-state index is -0.456. The van der Waals surface area contributed by atoms with Crippen LogP contribution >= 0.6 is 0 Å². The molecule has 3 N–H and O–H groups in total. The molecule has 3 aromatic rings. The van der Waals surface area contributed by atoms with Crippen LogP contribution in [0.2, 0.25) is 0 Å². The zero-order chi connectivity index (χ0) is 24.8. The number of benzene rings is 3. The zero-order valence-electron chi connectivity index (χ0n) is 19.6. The summed E-state index contributed by atoms with van der Waals surface area (Å²) in [5.74, 6) is 0.297. The van der Waals surface area contributed by atoms with Crippen molar-refractivity contribution >= 4 is 34.7 Å². The Hall–Kier alpha value is -4.27. The minimum absolute atomic E-state index is 0.328. The van der Waals surface area contributed by atoms with Crippen LogP contribution in [0.5, 0.6) is 11.5 Å². The third-order valence-corrected chi connectivity index (χ3v) is 5.67. The van der Waals surface area contributed by atoms with Gasteiger partial charge in [0.1, 0.15) is 17.3 Å². The van der Waals surface area contributed by atoms with Crippen LogP contribution in [0.15, 0.2) is 60.7 Å². The van der Waals surface area contributed by atoms with Crippen LogP contribution in [-0.2, 0) is 0 Å². The van der Waals surface area contributed by atoms with E-state index in [-0.39, 0.29) is 5.91 Å². The van der Waals surface area contributed by atoms with E-state index in [2.05, 4.69) is 20.9 Å². The fourth-order valence-electron chi connectivity index (χ4n) is 3.92. The van der Waals surface area contributed by atoms with E-state index < -0.39 is 11.8 Å². The molecule has 9 heteroatoms.